The average Bonchev–Trinajstić information content (AvgIpc) is 3.38. The minimum atomic E-state index is -1.60. The second-order valence-corrected chi connectivity index (χ2v) is 8.94. The Balaban J connectivity index is 1.32. The summed E-state index contributed by atoms with van der Waals surface area (Å²) in [6.07, 6.45) is -1.69. The molecule has 1 saturated heterocycles. The maximum Gasteiger partial charge on any atom is 0.407 e. The Hall–Kier alpha value is -3.43. The zero-order valence-corrected chi connectivity index (χ0v) is 18.8. The van der Waals surface area contributed by atoms with Crippen molar-refractivity contribution < 1.29 is 34.1 Å². The molecule has 0 radical (unpaired) electrons. The molecule has 2 amide bonds. The number of carboxylic acids is 1. The lowest BCUT2D eigenvalue weighted by Crippen LogP contribution is -2.51. The van der Waals surface area contributed by atoms with Gasteiger partial charge >= 0.3 is 12.1 Å². The van der Waals surface area contributed by atoms with E-state index < -0.39 is 42.1 Å². The second-order valence-electron chi connectivity index (χ2n) is 8.94. The Morgan fingerprint density at radius 1 is 1.09 bits per heavy atom. The number of aliphatic carboxylic acids is 1. The molecule has 0 bridgehead atoms. The van der Waals surface area contributed by atoms with E-state index in [-0.39, 0.29) is 25.7 Å². The molecule has 2 aliphatic rings. The lowest BCUT2D eigenvalue weighted by molar-refractivity contribution is -0.143. The molecule has 3 atom stereocenters. The predicted molar refractivity (Wildman–Crippen MR) is 122 cm³/mol. The lowest BCUT2D eigenvalue weighted by Gasteiger charge is -2.24. The number of hydrogen-bond donors (Lipinski definition) is 4. The minimum Gasteiger partial charge on any atom is -0.481 e. The van der Waals surface area contributed by atoms with Gasteiger partial charge in [0.2, 0.25) is 0 Å². The number of benzene rings is 2. The van der Waals surface area contributed by atoms with Crippen molar-refractivity contribution in [2.75, 3.05) is 19.8 Å². The number of nitrogens with one attached hydrogen (secondary N) is 2. The highest BCUT2D eigenvalue weighted by molar-refractivity contribution is 5.83. The van der Waals surface area contributed by atoms with Gasteiger partial charge in [-0.05, 0) is 35.6 Å². The summed E-state index contributed by atoms with van der Waals surface area (Å²) >= 11 is 0. The van der Waals surface area contributed by atoms with Gasteiger partial charge in [0, 0.05) is 19.1 Å². The van der Waals surface area contributed by atoms with Crippen molar-refractivity contribution in [2.45, 2.75) is 43.4 Å². The summed E-state index contributed by atoms with van der Waals surface area (Å²) in [5.41, 5.74) is 2.87. The second kappa shape index (κ2) is 9.82. The highest BCUT2D eigenvalue weighted by Crippen LogP contribution is 2.44. The highest BCUT2D eigenvalue weighted by atomic mass is 16.6. The number of aliphatic hydroxyl groups is 1. The van der Waals surface area contributed by atoms with E-state index in [1.54, 1.807) is 0 Å². The van der Waals surface area contributed by atoms with Crippen LogP contribution >= 0.6 is 0 Å². The summed E-state index contributed by atoms with van der Waals surface area (Å²) in [6.45, 7) is 1.50. The van der Waals surface area contributed by atoms with Crippen molar-refractivity contribution in [1.82, 2.24) is 10.6 Å². The molecule has 4 N–H and O–H groups in total. The number of carbonyl (C=O) groups is 3. The molecule has 1 fully saturated rings. The number of ether oxygens (including phenoxy) is 2. The maximum absolute atomic E-state index is 12.6. The van der Waals surface area contributed by atoms with Gasteiger partial charge in [0.1, 0.15) is 6.61 Å². The van der Waals surface area contributed by atoms with Crippen LogP contribution in [0.4, 0.5) is 4.79 Å². The van der Waals surface area contributed by atoms with Gasteiger partial charge in [0.15, 0.2) is 6.10 Å². The number of rotatable bonds is 8. The summed E-state index contributed by atoms with van der Waals surface area (Å²) in [4.78, 5) is 35.9. The van der Waals surface area contributed by atoms with Gasteiger partial charge in [-0.15, -0.1) is 0 Å². The van der Waals surface area contributed by atoms with E-state index in [2.05, 4.69) is 22.8 Å². The molecule has 1 aliphatic heterocycles. The zero-order chi connectivity index (χ0) is 24.3. The third-order valence-electron chi connectivity index (χ3n) is 6.17. The molecule has 180 valence electrons. The number of carboxylic acid groups (broad SMARTS) is 1. The molecule has 1 unspecified atom stereocenters. The van der Waals surface area contributed by atoms with Gasteiger partial charge in [-0.2, -0.15) is 0 Å². The van der Waals surface area contributed by atoms with Crippen LogP contribution in [0, 0.1) is 0 Å². The Morgan fingerprint density at radius 3 is 2.32 bits per heavy atom. The van der Waals surface area contributed by atoms with Crippen molar-refractivity contribution in [2.24, 2.45) is 0 Å². The Kier molecular flexibility index (Phi) is 6.85. The zero-order valence-electron chi connectivity index (χ0n) is 18.8. The largest absolute Gasteiger partial charge is 0.481 e. The standard InChI is InChI=1S/C25H28N2O7/c1-25(32,12-21(28)29)14-26-23(30)22-20(10-11-33-22)27-24(31)34-13-19-17-8-4-2-6-15(17)16-7-3-5-9-18(16)19/h2-9,19-20,22,32H,10-14H2,1H3,(H,26,30)(H,27,31)(H,28,29)/t20-,22+,25?/m0/s1. The molecule has 1 aliphatic carbocycles. The Morgan fingerprint density at radius 2 is 1.71 bits per heavy atom. The van der Waals surface area contributed by atoms with E-state index in [4.69, 9.17) is 14.6 Å². The lowest BCUT2D eigenvalue weighted by atomic mass is 9.98. The van der Waals surface area contributed by atoms with Crippen LogP contribution in [0.2, 0.25) is 0 Å². The third kappa shape index (κ3) is 5.21. The van der Waals surface area contributed by atoms with E-state index in [1.807, 2.05) is 36.4 Å². The van der Waals surface area contributed by atoms with Crippen LogP contribution in [0.15, 0.2) is 48.5 Å². The van der Waals surface area contributed by atoms with Gasteiger partial charge in [-0.3, -0.25) is 9.59 Å². The first-order valence-electron chi connectivity index (χ1n) is 11.2. The third-order valence-corrected chi connectivity index (χ3v) is 6.17. The fourth-order valence-corrected chi connectivity index (χ4v) is 4.55. The topological polar surface area (TPSA) is 134 Å². The summed E-state index contributed by atoms with van der Waals surface area (Å²) in [5, 5.41) is 24.1. The smallest absolute Gasteiger partial charge is 0.407 e. The average molecular weight is 469 g/mol. The molecule has 2 aromatic carbocycles. The number of hydrogen-bond acceptors (Lipinski definition) is 6. The van der Waals surface area contributed by atoms with E-state index in [0.29, 0.717) is 6.42 Å². The first kappa shape index (κ1) is 23.7. The molecule has 9 nitrogen and oxygen atoms in total. The molecule has 9 heteroatoms. The van der Waals surface area contributed by atoms with Crippen LogP contribution in [0.3, 0.4) is 0 Å². The van der Waals surface area contributed by atoms with Crippen LogP contribution in [0.5, 0.6) is 0 Å². The molecular weight excluding hydrogens is 440 g/mol. The van der Waals surface area contributed by atoms with Crippen molar-refractivity contribution in [3.8, 4) is 11.1 Å². The Labute approximate surface area is 197 Å². The molecule has 0 saturated carbocycles. The molecule has 0 spiro atoms. The first-order chi connectivity index (χ1) is 16.2. The molecule has 4 rings (SSSR count). The fraction of sp³-hybridized carbons (Fsp3) is 0.400. The molecule has 2 aromatic rings. The van der Waals surface area contributed by atoms with Gasteiger partial charge in [0.25, 0.3) is 5.91 Å². The minimum absolute atomic E-state index is 0.0754. The predicted octanol–water partition coefficient (Wildman–Crippen LogP) is 2.02. The van der Waals surface area contributed by atoms with Gasteiger partial charge in [0.05, 0.1) is 18.1 Å². The molecule has 0 aromatic heterocycles. The Bertz CT molecular complexity index is 1040. The number of fused-ring (bicyclic) bond motifs is 3. The summed E-state index contributed by atoms with van der Waals surface area (Å²) < 4.78 is 11.0. The normalized spacial score (nSPS) is 20.6. The van der Waals surface area contributed by atoms with E-state index >= 15 is 0 Å². The summed E-state index contributed by atoms with van der Waals surface area (Å²) in [5.74, 6) is -1.79. The number of alkyl carbamates (subject to hydrolysis) is 1. The van der Waals surface area contributed by atoms with Crippen LogP contribution in [0.1, 0.15) is 36.8 Å². The van der Waals surface area contributed by atoms with Crippen molar-refractivity contribution >= 4 is 18.0 Å². The molecule has 34 heavy (non-hydrogen) atoms. The maximum atomic E-state index is 12.6. The van der Waals surface area contributed by atoms with Crippen LogP contribution in [0.25, 0.3) is 11.1 Å². The number of carbonyl (C=O) groups excluding carboxylic acids is 2. The van der Waals surface area contributed by atoms with Crippen LogP contribution in [-0.2, 0) is 19.1 Å². The van der Waals surface area contributed by atoms with Crippen molar-refractivity contribution in [1.29, 1.82) is 0 Å². The van der Waals surface area contributed by atoms with E-state index in [0.717, 1.165) is 22.3 Å². The molecule has 1 heterocycles. The molecular formula is C25H28N2O7. The van der Waals surface area contributed by atoms with Crippen LogP contribution < -0.4 is 10.6 Å². The first-order valence-corrected chi connectivity index (χ1v) is 11.2. The van der Waals surface area contributed by atoms with E-state index in [1.165, 1.54) is 6.92 Å². The monoisotopic (exact) mass is 468 g/mol. The number of amides is 2. The highest BCUT2D eigenvalue weighted by Gasteiger charge is 2.37. The fourth-order valence-electron chi connectivity index (χ4n) is 4.55. The van der Waals surface area contributed by atoms with Gasteiger partial charge < -0.3 is 30.3 Å². The van der Waals surface area contributed by atoms with Crippen LogP contribution in [-0.4, -0.2) is 65.7 Å². The van der Waals surface area contributed by atoms with Crippen molar-refractivity contribution in [3.05, 3.63) is 59.7 Å². The van der Waals surface area contributed by atoms with Crippen molar-refractivity contribution in [3.63, 3.8) is 0 Å². The SMILES string of the molecule is CC(O)(CNC(=O)[C@@H]1OCC[C@@H]1NC(=O)OCC1c2ccccc2-c2ccccc21)CC(=O)O. The van der Waals surface area contributed by atoms with Gasteiger partial charge in [-0.1, -0.05) is 48.5 Å². The summed E-state index contributed by atoms with van der Waals surface area (Å²) in [6, 6.07) is 15.5. The van der Waals surface area contributed by atoms with Gasteiger partial charge in [-0.25, -0.2) is 4.79 Å². The summed E-state index contributed by atoms with van der Waals surface area (Å²) in [7, 11) is 0. The quantitative estimate of drug-likeness (QED) is 0.466. The van der Waals surface area contributed by atoms with E-state index in [9.17, 15) is 19.5 Å².